The summed E-state index contributed by atoms with van der Waals surface area (Å²) in [6, 6.07) is 19.9. The molecule has 0 fully saturated rings. The van der Waals surface area contributed by atoms with Crippen LogP contribution in [0.1, 0.15) is 40.2 Å². The molecule has 31 heavy (non-hydrogen) atoms. The maximum Gasteiger partial charge on any atom is 0.191 e. The van der Waals surface area contributed by atoms with E-state index in [2.05, 4.69) is 24.0 Å². The highest BCUT2D eigenvalue weighted by atomic mass is 32.1. The minimum atomic E-state index is -1.26. The van der Waals surface area contributed by atoms with E-state index in [-0.39, 0.29) is 0 Å². The third-order valence-corrected chi connectivity index (χ3v) is 7.19. The molecule has 0 bridgehead atoms. The summed E-state index contributed by atoms with van der Waals surface area (Å²) in [5, 5.41) is 15.7. The molecule has 0 saturated heterocycles. The summed E-state index contributed by atoms with van der Waals surface area (Å²) in [6.45, 7) is 4.61. The number of thiophene rings is 2. The number of rotatable bonds is 10. The zero-order valence-electron chi connectivity index (χ0n) is 17.8. The lowest BCUT2D eigenvalue weighted by Gasteiger charge is -2.24. The molecule has 0 atom stereocenters. The van der Waals surface area contributed by atoms with Gasteiger partial charge in [0.2, 0.25) is 0 Å². The van der Waals surface area contributed by atoms with E-state index < -0.39 is 5.60 Å². The van der Waals surface area contributed by atoms with E-state index in [1.54, 1.807) is 7.11 Å². The van der Waals surface area contributed by atoms with Gasteiger partial charge in [0.05, 0.1) is 13.7 Å². The highest BCUT2D eigenvalue weighted by Crippen LogP contribution is 2.41. The Bertz CT molecular complexity index is 1040. The van der Waals surface area contributed by atoms with Gasteiger partial charge in [-0.3, -0.25) is 4.90 Å². The molecule has 3 aromatic heterocycles. The zero-order chi connectivity index (χ0) is 21.7. The minimum absolute atomic E-state index is 0.560. The normalized spacial score (nSPS) is 11.9. The second-order valence-corrected chi connectivity index (χ2v) is 9.39. The summed E-state index contributed by atoms with van der Waals surface area (Å²) in [5.41, 5.74) is -0.0589. The quantitative estimate of drug-likeness (QED) is 0.315. The molecule has 0 unspecified atom stereocenters. The lowest BCUT2D eigenvalue weighted by Crippen LogP contribution is -2.26. The van der Waals surface area contributed by atoms with Crippen LogP contribution in [0.2, 0.25) is 0 Å². The SMILES string of the molecule is CCCN(Cc1cccc(OC)c1)Cc1ccc(C(O)(c2cccs2)c2cccs2)o1. The van der Waals surface area contributed by atoms with Crippen LogP contribution in [0, 0.1) is 0 Å². The maximum absolute atomic E-state index is 11.7. The van der Waals surface area contributed by atoms with Crippen molar-refractivity contribution in [2.24, 2.45) is 0 Å². The first kappa shape index (κ1) is 21.8. The second kappa shape index (κ2) is 9.83. The molecular weight excluding hydrogens is 426 g/mol. The first-order chi connectivity index (χ1) is 15.1. The predicted octanol–water partition coefficient (Wildman–Crippen LogP) is 6.11. The van der Waals surface area contributed by atoms with Gasteiger partial charge in [0.15, 0.2) is 5.60 Å². The summed E-state index contributed by atoms with van der Waals surface area (Å²) < 4.78 is 11.6. The van der Waals surface area contributed by atoms with Gasteiger partial charge in [-0.05, 0) is 65.7 Å². The molecule has 162 valence electrons. The van der Waals surface area contributed by atoms with Gasteiger partial charge in [0.1, 0.15) is 17.3 Å². The molecule has 0 saturated carbocycles. The van der Waals surface area contributed by atoms with Crippen molar-refractivity contribution in [3.8, 4) is 5.75 Å². The zero-order valence-corrected chi connectivity index (χ0v) is 19.4. The molecule has 1 aromatic carbocycles. The molecule has 0 amide bonds. The van der Waals surface area contributed by atoms with Crippen molar-refractivity contribution in [3.63, 3.8) is 0 Å². The third kappa shape index (κ3) is 4.77. The molecule has 3 heterocycles. The number of methoxy groups -OCH3 is 1. The van der Waals surface area contributed by atoms with Crippen LogP contribution in [0.5, 0.6) is 5.75 Å². The van der Waals surface area contributed by atoms with Crippen molar-refractivity contribution in [2.45, 2.75) is 32.0 Å². The fourth-order valence-electron chi connectivity index (χ4n) is 3.77. The van der Waals surface area contributed by atoms with Gasteiger partial charge in [-0.1, -0.05) is 31.2 Å². The molecule has 0 radical (unpaired) electrons. The Labute approximate surface area is 191 Å². The van der Waals surface area contributed by atoms with Crippen molar-refractivity contribution in [1.29, 1.82) is 0 Å². The molecule has 0 aliphatic heterocycles. The van der Waals surface area contributed by atoms with Crippen molar-refractivity contribution >= 4 is 22.7 Å². The fraction of sp³-hybridized carbons (Fsp3) is 0.280. The van der Waals surface area contributed by atoms with E-state index in [1.807, 2.05) is 59.3 Å². The van der Waals surface area contributed by atoms with E-state index in [9.17, 15) is 5.11 Å². The summed E-state index contributed by atoms with van der Waals surface area (Å²) >= 11 is 3.07. The van der Waals surface area contributed by atoms with Gasteiger partial charge in [0, 0.05) is 16.3 Å². The largest absolute Gasteiger partial charge is 0.497 e. The Morgan fingerprint density at radius 3 is 2.32 bits per heavy atom. The highest BCUT2D eigenvalue weighted by Gasteiger charge is 2.39. The first-order valence-electron chi connectivity index (χ1n) is 10.4. The highest BCUT2D eigenvalue weighted by molar-refractivity contribution is 7.11. The molecule has 0 spiro atoms. The van der Waals surface area contributed by atoms with Crippen LogP contribution in [0.25, 0.3) is 0 Å². The summed E-state index contributed by atoms with van der Waals surface area (Å²) in [4.78, 5) is 4.07. The van der Waals surface area contributed by atoms with Crippen LogP contribution in [-0.4, -0.2) is 23.7 Å². The standard InChI is InChI=1S/C25H27NO3S2/c1-3-13-26(17-19-7-4-8-20(16-19)28-2)18-21-11-12-22(29-21)25(27,23-9-5-14-30-23)24-10-6-15-31-24/h4-12,14-16,27H,3,13,17-18H2,1-2H3. The van der Waals surface area contributed by atoms with Crippen LogP contribution in [0.3, 0.4) is 0 Å². The molecule has 1 N–H and O–H groups in total. The maximum atomic E-state index is 11.7. The van der Waals surface area contributed by atoms with E-state index in [0.29, 0.717) is 12.3 Å². The number of ether oxygens (including phenoxy) is 1. The van der Waals surface area contributed by atoms with E-state index in [1.165, 1.54) is 28.2 Å². The van der Waals surface area contributed by atoms with Crippen LogP contribution in [0.15, 0.2) is 75.8 Å². The van der Waals surface area contributed by atoms with Gasteiger partial charge in [-0.2, -0.15) is 0 Å². The number of hydrogen-bond acceptors (Lipinski definition) is 6. The number of hydrogen-bond donors (Lipinski definition) is 1. The van der Waals surface area contributed by atoms with Crippen LogP contribution < -0.4 is 4.74 Å². The van der Waals surface area contributed by atoms with Gasteiger partial charge in [-0.15, -0.1) is 22.7 Å². The average Bonchev–Trinajstić information content (AvgIpc) is 3.56. The number of benzene rings is 1. The van der Waals surface area contributed by atoms with Crippen LogP contribution in [-0.2, 0) is 18.7 Å². The number of aliphatic hydroxyl groups is 1. The monoisotopic (exact) mass is 453 g/mol. The Kier molecular flexibility index (Phi) is 6.92. The van der Waals surface area contributed by atoms with Crippen LogP contribution >= 0.6 is 22.7 Å². The molecule has 4 nitrogen and oxygen atoms in total. The second-order valence-electron chi connectivity index (χ2n) is 7.49. The first-order valence-corrected chi connectivity index (χ1v) is 12.1. The Morgan fingerprint density at radius 1 is 0.968 bits per heavy atom. The fourth-order valence-corrected chi connectivity index (χ4v) is 5.52. The van der Waals surface area contributed by atoms with Gasteiger partial charge < -0.3 is 14.3 Å². The third-order valence-electron chi connectivity index (χ3n) is 5.23. The summed E-state index contributed by atoms with van der Waals surface area (Å²) in [5.74, 6) is 2.27. The summed E-state index contributed by atoms with van der Waals surface area (Å²) in [7, 11) is 1.69. The van der Waals surface area contributed by atoms with Crippen molar-refractivity contribution in [3.05, 3.63) is 98.3 Å². The Hall–Kier alpha value is -2.38. The van der Waals surface area contributed by atoms with E-state index >= 15 is 0 Å². The Morgan fingerprint density at radius 2 is 1.71 bits per heavy atom. The topological polar surface area (TPSA) is 45.8 Å². The molecule has 4 aromatic rings. The molecule has 4 rings (SSSR count). The molecule has 0 aliphatic carbocycles. The van der Waals surface area contributed by atoms with Gasteiger partial charge in [0.25, 0.3) is 0 Å². The van der Waals surface area contributed by atoms with Crippen molar-refractivity contribution in [2.75, 3.05) is 13.7 Å². The van der Waals surface area contributed by atoms with E-state index in [0.717, 1.165) is 40.8 Å². The van der Waals surface area contributed by atoms with Crippen molar-refractivity contribution in [1.82, 2.24) is 4.90 Å². The van der Waals surface area contributed by atoms with E-state index in [4.69, 9.17) is 9.15 Å². The van der Waals surface area contributed by atoms with Gasteiger partial charge >= 0.3 is 0 Å². The Balaban J connectivity index is 1.57. The molecule has 6 heteroatoms. The van der Waals surface area contributed by atoms with Crippen LogP contribution in [0.4, 0.5) is 0 Å². The number of nitrogens with zero attached hydrogens (tertiary/aromatic N) is 1. The van der Waals surface area contributed by atoms with Gasteiger partial charge in [-0.25, -0.2) is 0 Å². The molecule has 0 aliphatic rings. The molecular formula is C25H27NO3S2. The van der Waals surface area contributed by atoms with Crippen molar-refractivity contribution < 1.29 is 14.3 Å². The lowest BCUT2D eigenvalue weighted by atomic mass is 9.97. The number of furan rings is 1. The average molecular weight is 454 g/mol. The summed E-state index contributed by atoms with van der Waals surface area (Å²) in [6.07, 6.45) is 1.05. The predicted molar refractivity (Wildman–Crippen MR) is 127 cm³/mol. The smallest absolute Gasteiger partial charge is 0.191 e. The lowest BCUT2D eigenvalue weighted by molar-refractivity contribution is 0.102. The minimum Gasteiger partial charge on any atom is -0.497 e.